The Kier molecular flexibility index (Phi) is 6.27. The maximum atomic E-state index is 14.6. The molecule has 1 aliphatic heterocycles. The van der Waals surface area contributed by atoms with Crippen LogP contribution in [-0.2, 0) is 4.74 Å². The molecule has 1 amide bonds. The van der Waals surface area contributed by atoms with Crippen molar-refractivity contribution >= 4 is 16.8 Å². The van der Waals surface area contributed by atoms with Crippen LogP contribution in [0.25, 0.3) is 10.9 Å². The number of alkyl halides is 3. The van der Waals surface area contributed by atoms with Crippen molar-refractivity contribution in [2.45, 2.75) is 43.9 Å². The molecule has 3 heterocycles. The van der Waals surface area contributed by atoms with Gasteiger partial charge in [0.1, 0.15) is 5.69 Å². The monoisotopic (exact) mass is 511 g/mol. The van der Waals surface area contributed by atoms with Crippen LogP contribution in [0.2, 0.25) is 0 Å². The van der Waals surface area contributed by atoms with E-state index in [-0.39, 0.29) is 33.4 Å². The Labute approximate surface area is 201 Å². The molecule has 0 saturated carbocycles. The smallest absolute Gasteiger partial charge is 0.417 e. The number of primary amides is 1. The Morgan fingerprint density at radius 2 is 1.94 bits per heavy atom. The summed E-state index contributed by atoms with van der Waals surface area (Å²) in [6.07, 6.45) is -4.17. The van der Waals surface area contributed by atoms with Crippen LogP contribution < -0.4 is 15.9 Å². The van der Waals surface area contributed by atoms with Crippen molar-refractivity contribution in [3.63, 3.8) is 0 Å². The van der Waals surface area contributed by atoms with Crippen molar-refractivity contribution in [2.24, 2.45) is 5.73 Å². The third-order valence-electron chi connectivity index (χ3n) is 6.76. The number of amides is 1. The summed E-state index contributed by atoms with van der Waals surface area (Å²) in [4.78, 5) is 31.9. The molecule has 36 heavy (non-hydrogen) atoms. The van der Waals surface area contributed by atoms with Crippen molar-refractivity contribution in [3.8, 4) is 5.75 Å². The van der Waals surface area contributed by atoms with E-state index < -0.39 is 65.4 Å². The third kappa shape index (κ3) is 3.98. The highest BCUT2D eigenvalue weighted by atomic mass is 19.4. The van der Waals surface area contributed by atoms with Crippen LogP contribution in [0.15, 0.2) is 29.2 Å². The van der Waals surface area contributed by atoms with Crippen molar-refractivity contribution in [3.05, 3.63) is 68.8 Å². The van der Waals surface area contributed by atoms with Crippen LogP contribution in [-0.4, -0.2) is 41.4 Å². The normalized spacial score (nSPS) is 22.6. The van der Waals surface area contributed by atoms with Gasteiger partial charge in [0.15, 0.2) is 22.6 Å². The number of carbonyl (C=O) groups excluding carboxylic acids is 1. The molecule has 4 rings (SSSR count). The number of ether oxygens (including phenoxy) is 2. The predicted octanol–water partition coefficient (Wildman–Crippen LogP) is 4.23. The summed E-state index contributed by atoms with van der Waals surface area (Å²) in [5.41, 5.74) is 2.38. The van der Waals surface area contributed by atoms with Gasteiger partial charge in [0, 0.05) is 34.9 Å². The van der Waals surface area contributed by atoms with Crippen LogP contribution in [0.5, 0.6) is 5.75 Å². The SMILES string of the molecule is COc1c([C@@H]2C[C@](C)(C(F)(F)F)OC[C@H]2c2[nH]c3ccnc(C(N)=O)c3c(=O)c2C)ccc(F)c1F. The fourth-order valence-electron chi connectivity index (χ4n) is 4.77. The number of pyridine rings is 2. The molecule has 0 unspecified atom stereocenters. The Morgan fingerprint density at radius 3 is 2.56 bits per heavy atom. The number of benzene rings is 1. The average molecular weight is 511 g/mol. The van der Waals surface area contributed by atoms with Gasteiger partial charge in [0.25, 0.3) is 5.91 Å². The van der Waals surface area contributed by atoms with Gasteiger partial charge in [-0.1, -0.05) is 6.07 Å². The molecule has 1 fully saturated rings. The molecule has 0 radical (unpaired) electrons. The summed E-state index contributed by atoms with van der Waals surface area (Å²) < 4.78 is 80.7. The molecule has 7 nitrogen and oxygen atoms in total. The standard InChI is InChI=1S/C24H22F5N3O4/c1-10-18(32-15-6-7-31-19(22(30)34)16(15)20(10)33)13-9-36-23(2,24(27,28)29)8-12(13)11-4-5-14(25)17(26)21(11)35-3/h4-7,12-13H,8-9H2,1-3H3,(H2,30,34)(H,32,33)/t12-,13+,23+/m0/s1. The molecule has 3 aromatic rings. The average Bonchev–Trinajstić information content (AvgIpc) is 2.82. The lowest BCUT2D eigenvalue weighted by molar-refractivity contribution is -0.286. The second-order valence-corrected chi connectivity index (χ2v) is 8.88. The zero-order valence-electron chi connectivity index (χ0n) is 19.4. The Balaban J connectivity index is 1.96. The minimum Gasteiger partial charge on any atom is -0.493 e. The number of hydrogen-bond acceptors (Lipinski definition) is 5. The van der Waals surface area contributed by atoms with Gasteiger partial charge in [-0.2, -0.15) is 17.6 Å². The van der Waals surface area contributed by atoms with Crippen molar-refractivity contribution in [1.29, 1.82) is 0 Å². The van der Waals surface area contributed by atoms with E-state index in [1.54, 1.807) is 0 Å². The first-order valence-corrected chi connectivity index (χ1v) is 10.8. The van der Waals surface area contributed by atoms with Crippen molar-refractivity contribution in [2.75, 3.05) is 13.7 Å². The first-order valence-electron chi connectivity index (χ1n) is 10.8. The first-order chi connectivity index (χ1) is 16.8. The Hall–Kier alpha value is -3.54. The van der Waals surface area contributed by atoms with E-state index in [0.29, 0.717) is 0 Å². The van der Waals surface area contributed by atoms with Gasteiger partial charge in [0.05, 0.1) is 24.6 Å². The number of nitrogens with zero attached hydrogens (tertiary/aromatic N) is 1. The molecule has 0 spiro atoms. The van der Waals surface area contributed by atoms with Crippen molar-refractivity contribution in [1.82, 2.24) is 9.97 Å². The van der Waals surface area contributed by atoms with Gasteiger partial charge in [-0.05, 0) is 32.4 Å². The number of rotatable bonds is 4. The van der Waals surface area contributed by atoms with Gasteiger partial charge >= 0.3 is 6.18 Å². The zero-order valence-corrected chi connectivity index (χ0v) is 19.4. The summed E-state index contributed by atoms with van der Waals surface area (Å²) in [6, 6.07) is 3.40. The van der Waals surface area contributed by atoms with Crippen LogP contribution in [0.3, 0.4) is 0 Å². The highest BCUT2D eigenvalue weighted by Crippen LogP contribution is 2.52. The summed E-state index contributed by atoms with van der Waals surface area (Å²) in [5, 5.41) is -0.0648. The summed E-state index contributed by atoms with van der Waals surface area (Å²) in [6.45, 7) is 1.81. The highest BCUT2D eigenvalue weighted by molar-refractivity contribution is 6.03. The fourth-order valence-corrected chi connectivity index (χ4v) is 4.77. The minimum atomic E-state index is -4.77. The molecular formula is C24H22F5N3O4. The van der Waals surface area contributed by atoms with Gasteiger partial charge in [-0.15, -0.1) is 0 Å². The summed E-state index contributed by atoms with van der Waals surface area (Å²) in [5.74, 6) is -6.03. The van der Waals surface area contributed by atoms with Crippen LogP contribution in [0.4, 0.5) is 22.0 Å². The predicted molar refractivity (Wildman–Crippen MR) is 119 cm³/mol. The molecule has 192 valence electrons. The van der Waals surface area contributed by atoms with Gasteiger partial charge in [-0.25, -0.2) is 4.39 Å². The highest BCUT2D eigenvalue weighted by Gasteiger charge is 2.57. The first kappa shape index (κ1) is 25.5. The number of fused-ring (bicyclic) bond motifs is 1. The second kappa shape index (κ2) is 8.84. The summed E-state index contributed by atoms with van der Waals surface area (Å²) >= 11 is 0. The topological polar surface area (TPSA) is 107 Å². The maximum Gasteiger partial charge on any atom is 0.417 e. The number of carbonyl (C=O) groups is 1. The van der Waals surface area contributed by atoms with E-state index in [2.05, 4.69) is 9.97 Å². The van der Waals surface area contributed by atoms with Gasteiger partial charge in [0.2, 0.25) is 5.82 Å². The van der Waals surface area contributed by atoms with Gasteiger partial charge < -0.3 is 20.2 Å². The van der Waals surface area contributed by atoms with E-state index in [1.807, 2.05) is 0 Å². The third-order valence-corrected chi connectivity index (χ3v) is 6.76. The largest absolute Gasteiger partial charge is 0.493 e. The molecule has 1 aromatic carbocycles. The van der Waals surface area contributed by atoms with E-state index in [9.17, 15) is 31.5 Å². The molecule has 0 bridgehead atoms. The van der Waals surface area contributed by atoms with E-state index >= 15 is 0 Å². The minimum absolute atomic E-state index is 0.00641. The van der Waals surface area contributed by atoms with E-state index in [1.165, 1.54) is 25.3 Å². The van der Waals surface area contributed by atoms with E-state index in [4.69, 9.17) is 15.2 Å². The Bertz CT molecular complexity index is 1420. The summed E-state index contributed by atoms with van der Waals surface area (Å²) in [7, 11) is 1.08. The Morgan fingerprint density at radius 1 is 1.25 bits per heavy atom. The van der Waals surface area contributed by atoms with E-state index in [0.717, 1.165) is 20.1 Å². The number of halogens is 5. The zero-order chi connectivity index (χ0) is 26.6. The lowest BCUT2D eigenvalue weighted by atomic mass is 9.73. The molecule has 2 aromatic heterocycles. The number of nitrogens with two attached hydrogens (primary N) is 1. The van der Waals surface area contributed by atoms with Crippen LogP contribution in [0, 0.1) is 18.6 Å². The quantitative estimate of drug-likeness (QED) is 0.510. The fraction of sp³-hybridized carbons (Fsp3) is 0.375. The second-order valence-electron chi connectivity index (χ2n) is 8.88. The molecule has 3 N–H and O–H groups in total. The van der Waals surface area contributed by atoms with Crippen LogP contribution >= 0.6 is 0 Å². The number of nitrogens with one attached hydrogen (secondary N) is 1. The van der Waals surface area contributed by atoms with Crippen molar-refractivity contribution < 1.29 is 36.2 Å². The molecular weight excluding hydrogens is 489 g/mol. The number of H-pyrrole nitrogens is 1. The number of methoxy groups -OCH3 is 1. The van der Waals surface area contributed by atoms with Crippen LogP contribution in [0.1, 0.15) is 52.5 Å². The number of aromatic nitrogens is 2. The molecule has 1 saturated heterocycles. The molecule has 1 aliphatic rings. The molecule has 12 heteroatoms. The molecule has 3 atom stereocenters. The maximum absolute atomic E-state index is 14.6. The lowest BCUT2D eigenvalue weighted by Crippen LogP contribution is -2.51. The number of hydrogen-bond donors (Lipinski definition) is 2. The van der Waals surface area contributed by atoms with Gasteiger partial charge in [-0.3, -0.25) is 14.6 Å². The lowest BCUT2D eigenvalue weighted by Gasteiger charge is -2.44. The number of aromatic amines is 1. The molecule has 0 aliphatic carbocycles.